The van der Waals surface area contributed by atoms with Crippen molar-refractivity contribution in [3.05, 3.63) is 18.0 Å². The summed E-state index contributed by atoms with van der Waals surface area (Å²) < 4.78 is 1.88. The minimum Gasteiger partial charge on any atom is -0.316 e. The zero-order valence-electron chi connectivity index (χ0n) is 11.0. The minimum atomic E-state index is 0.682. The van der Waals surface area contributed by atoms with Crippen LogP contribution < -0.4 is 5.32 Å². The van der Waals surface area contributed by atoms with Crippen LogP contribution in [0.4, 0.5) is 0 Å². The third-order valence-electron chi connectivity index (χ3n) is 3.02. The summed E-state index contributed by atoms with van der Waals surface area (Å²) in [6.07, 6.45) is 4.30. The Hall–Kier alpha value is -0.830. The lowest BCUT2D eigenvalue weighted by Crippen LogP contribution is -2.28. The molecule has 3 heteroatoms. The van der Waals surface area contributed by atoms with E-state index < -0.39 is 0 Å². The van der Waals surface area contributed by atoms with E-state index in [1.54, 1.807) is 0 Å². The van der Waals surface area contributed by atoms with Gasteiger partial charge in [0.25, 0.3) is 0 Å². The van der Waals surface area contributed by atoms with Crippen LogP contribution in [0.2, 0.25) is 0 Å². The van der Waals surface area contributed by atoms with Gasteiger partial charge in [-0.2, -0.15) is 5.10 Å². The van der Waals surface area contributed by atoms with E-state index in [-0.39, 0.29) is 0 Å². The molecule has 0 aliphatic carbocycles. The summed E-state index contributed by atoms with van der Waals surface area (Å²) >= 11 is 0. The fraction of sp³-hybridized carbons (Fsp3) is 0.769. The normalized spacial score (nSPS) is 13.3. The molecule has 0 amide bonds. The van der Waals surface area contributed by atoms with Gasteiger partial charge < -0.3 is 5.32 Å². The molecular formula is C13H25N3. The van der Waals surface area contributed by atoms with Gasteiger partial charge in [0, 0.05) is 13.2 Å². The van der Waals surface area contributed by atoms with Gasteiger partial charge in [-0.3, -0.25) is 4.68 Å². The highest BCUT2D eigenvalue weighted by Crippen LogP contribution is 2.15. The maximum Gasteiger partial charge on any atom is 0.0627 e. The second kappa shape index (κ2) is 6.69. The molecule has 0 saturated heterocycles. The van der Waals surface area contributed by atoms with Crippen molar-refractivity contribution < 1.29 is 0 Å². The van der Waals surface area contributed by atoms with E-state index >= 15 is 0 Å². The van der Waals surface area contributed by atoms with Crippen molar-refractivity contribution in [1.82, 2.24) is 15.1 Å². The first kappa shape index (κ1) is 13.2. The third kappa shape index (κ3) is 4.35. The summed E-state index contributed by atoms with van der Waals surface area (Å²) in [5.41, 5.74) is 1.21. The lowest BCUT2D eigenvalue weighted by Gasteiger charge is -2.20. The van der Waals surface area contributed by atoms with E-state index in [1.165, 1.54) is 12.1 Å². The monoisotopic (exact) mass is 223 g/mol. The molecule has 0 aromatic carbocycles. The van der Waals surface area contributed by atoms with Gasteiger partial charge in [0.2, 0.25) is 0 Å². The summed E-state index contributed by atoms with van der Waals surface area (Å²) in [4.78, 5) is 0. The molecule has 0 spiro atoms. The summed E-state index contributed by atoms with van der Waals surface area (Å²) in [5, 5.41) is 7.96. The van der Waals surface area contributed by atoms with Crippen LogP contribution in [-0.2, 0) is 13.5 Å². The quantitative estimate of drug-likeness (QED) is 0.718. The highest BCUT2D eigenvalue weighted by atomic mass is 15.2. The molecule has 0 bridgehead atoms. The van der Waals surface area contributed by atoms with Crippen molar-refractivity contribution >= 4 is 0 Å². The molecule has 0 radical (unpaired) electrons. The maximum absolute atomic E-state index is 4.45. The van der Waals surface area contributed by atoms with Crippen LogP contribution >= 0.6 is 0 Å². The highest BCUT2D eigenvalue weighted by molar-refractivity contribution is 5.00. The molecule has 3 nitrogen and oxygen atoms in total. The Labute approximate surface area is 99.2 Å². The molecule has 0 aliphatic rings. The smallest absolute Gasteiger partial charge is 0.0627 e. The molecule has 16 heavy (non-hydrogen) atoms. The molecule has 1 unspecified atom stereocenters. The van der Waals surface area contributed by atoms with E-state index in [0.29, 0.717) is 11.8 Å². The van der Waals surface area contributed by atoms with Crippen LogP contribution in [0.1, 0.15) is 32.9 Å². The zero-order valence-corrected chi connectivity index (χ0v) is 11.0. The molecule has 0 fully saturated rings. The molecule has 1 atom stereocenters. The topological polar surface area (TPSA) is 29.9 Å². The standard InChI is InChI=1S/C13H25N3/c1-5-7-14-10-12(11(2)3)9-13-6-8-16(4)15-13/h6,8,11-12,14H,5,7,9-10H2,1-4H3. The summed E-state index contributed by atoms with van der Waals surface area (Å²) in [6, 6.07) is 2.12. The summed E-state index contributed by atoms with van der Waals surface area (Å²) in [5.74, 6) is 1.38. The van der Waals surface area contributed by atoms with Crippen LogP contribution in [0, 0.1) is 11.8 Å². The predicted molar refractivity (Wildman–Crippen MR) is 68.4 cm³/mol. The van der Waals surface area contributed by atoms with Crippen LogP contribution in [0.25, 0.3) is 0 Å². The molecule has 0 saturated carbocycles. The number of aromatic nitrogens is 2. The van der Waals surface area contributed by atoms with Crippen molar-refractivity contribution in [3.8, 4) is 0 Å². The van der Waals surface area contributed by atoms with Gasteiger partial charge in [0.1, 0.15) is 0 Å². The van der Waals surface area contributed by atoms with Crippen LogP contribution in [0.15, 0.2) is 12.3 Å². The van der Waals surface area contributed by atoms with Crippen molar-refractivity contribution in [3.63, 3.8) is 0 Å². The van der Waals surface area contributed by atoms with E-state index in [0.717, 1.165) is 19.5 Å². The zero-order chi connectivity index (χ0) is 12.0. The Morgan fingerprint density at radius 1 is 1.44 bits per heavy atom. The van der Waals surface area contributed by atoms with E-state index in [1.807, 2.05) is 17.9 Å². The Balaban J connectivity index is 2.44. The van der Waals surface area contributed by atoms with Crippen molar-refractivity contribution in [2.45, 2.75) is 33.6 Å². The van der Waals surface area contributed by atoms with Gasteiger partial charge in [0.15, 0.2) is 0 Å². The lowest BCUT2D eigenvalue weighted by molar-refractivity contribution is 0.357. The van der Waals surface area contributed by atoms with Crippen LogP contribution in [-0.4, -0.2) is 22.9 Å². The number of aryl methyl sites for hydroxylation is 1. The second-order valence-corrected chi connectivity index (χ2v) is 4.89. The molecule has 0 aliphatic heterocycles. The average Bonchev–Trinajstić information content (AvgIpc) is 2.63. The number of hydrogen-bond donors (Lipinski definition) is 1. The van der Waals surface area contributed by atoms with Gasteiger partial charge in [0.05, 0.1) is 5.69 Å². The Morgan fingerprint density at radius 2 is 2.19 bits per heavy atom. The molecular weight excluding hydrogens is 198 g/mol. The Kier molecular flexibility index (Phi) is 5.53. The number of hydrogen-bond acceptors (Lipinski definition) is 2. The Morgan fingerprint density at radius 3 is 2.69 bits per heavy atom. The fourth-order valence-electron chi connectivity index (χ4n) is 1.85. The summed E-state index contributed by atoms with van der Waals surface area (Å²) in [6.45, 7) is 9.01. The first-order chi connectivity index (χ1) is 7.63. The molecule has 1 N–H and O–H groups in total. The Bertz CT molecular complexity index is 291. The second-order valence-electron chi connectivity index (χ2n) is 4.89. The van der Waals surface area contributed by atoms with E-state index in [9.17, 15) is 0 Å². The fourth-order valence-corrected chi connectivity index (χ4v) is 1.85. The van der Waals surface area contributed by atoms with E-state index in [2.05, 4.69) is 37.3 Å². The van der Waals surface area contributed by atoms with Crippen molar-refractivity contribution in [2.24, 2.45) is 18.9 Å². The first-order valence-corrected chi connectivity index (χ1v) is 6.32. The first-order valence-electron chi connectivity index (χ1n) is 6.32. The highest BCUT2D eigenvalue weighted by Gasteiger charge is 2.14. The van der Waals surface area contributed by atoms with Gasteiger partial charge in [-0.15, -0.1) is 0 Å². The van der Waals surface area contributed by atoms with Crippen molar-refractivity contribution in [1.29, 1.82) is 0 Å². The number of nitrogens with zero attached hydrogens (tertiary/aromatic N) is 2. The molecule has 1 rings (SSSR count). The largest absolute Gasteiger partial charge is 0.316 e. The van der Waals surface area contributed by atoms with Gasteiger partial charge in [-0.1, -0.05) is 20.8 Å². The maximum atomic E-state index is 4.45. The van der Waals surface area contributed by atoms with E-state index in [4.69, 9.17) is 0 Å². The molecule has 1 aromatic rings. The summed E-state index contributed by atoms with van der Waals surface area (Å²) in [7, 11) is 1.98. The number of rotatable bonds is 7. The molecule has 1 aromatic heterocycles. The average molecular weight is 223 g/mol. The molecule has 92 valence electrons. The van der Waals surface area contributed by atoms with Gasteiger partial charge >= 0.3 is 0 Å². The van der Waals surface area contributed by atoms with Gasteiger partial charge in [-0.05, 0) is 43.8 Å². The van der Waals surface area contributed by atoms with Crippen molar-refractivity contribution in [2.75, 3.05) is 13.1 Å². The molecule has 1 heterocycles. The minimum absolute atomic E-state index is 0.682. The van der Waals surface area contributed by atoms with Gasteiger partial charge in [-0.25, -0.2) is 0 Å². The number of nitrogens with one attached hydrogen (secondary N) is 1. The van der Waals surface area contributed by atoms with Crippen LogP contribution in [0.5, 0.6) is 0 Å². The lowest BCUT2D eigenvalue weighted by atomic mass is 9.91. The third-order valence-corrected chi connectivity index (χ3v) is 3.02. The van der Waals surface area contributed by atoms with Crippen LogP contribution in [0.3, 0.4) is 0 Å². The SMILES string of the molecule is CCCNCC(Cc1ccn(C)n1)C(C)C. The predicted octanol–water partition coefficient (Wildman–Crippen LogP) is 2.23.